The van der Waals surface area contributed by atoms with E-state index < -0.39 is 0 Å². The SMILES string of the molecule is Nc1cccc2c1CCN(C(=O)CCC1CCCCC1)C2. The summed E-state index contributed by atoms with van der Waals surface area (Å²) in [5, 5.41) is 0. The van der Waals surface area contributed by atoms with Crippen LogP contribution in [-0.4, -0.2) is 17.4 Å². The lowest BCUT2D eigenvalue weighted by Gasteiger charge is -2.30. The zero-order chi connectivity index (χ0) is 14.7. The normalized spacial score (nSPS) is 19.3. The first-order valence-corrected chi connectivity index (χ1v) is 8.38. The number of carbonyl (C=O) groups excluding carboxylic acids is 1. The Morgan fingerprint density at radius 3 is 2.86 bits per heavy atom. The van der Waals surface area contributed by atoms with Crippen LogP contribution in [0.2, 0.25) is 0 Å². The molecule has 0 bridgehead atoms. The lowest BCUT2D eigenvalue weighted by Crippen LogP contribution is -2.36. The van der Waals surface area contributed by atoms with Gasteiger partial charge >= 0.3 is 0 Å². The Balaban J connectivity index is 1.54. The molecule has 3 nitrogen and oxygen atoms in total. The summed E-state index contributed by atoms with van der Waals surface area (Å²) in [5.41, 5.74) is 9.37. The molecule has 1 amide bonds. The van der Waals surface area contributed by atoms with Gasteiger partial charge in [-0.15, -0.1) is 0 Å². The van der Waals surface area contributed by atoms with Gasteiger partial charge in [0.2, 0.25) is 5.91 Å². The van der Waals surface area contributed by atoms with E-state index in [9.17, 15) is 4.79 Å². The van der Waals surface area contributed by atoms with Crippen molar-refractivity contribution < 1.29 is 4.79 Å². The zero-order valence-corrected chi connectivity index (χ0v) is 12.8. The number of benzene rings is 1. The average Bonchev–Trinajstić information content (AvgIpc) is 2.53. The Bertz CT molecular complexity index is 506. The molecule has 1 heterocycles. The first-order chi connectivity index (χ1) is 10.2. The molecule has 3 rings (SSSR count). The quantitative estimate of drug-likeness (QED) is 0.864. The van der Waals surface area contributed by atoms with Gasteiger partial charge in [-0.2, -0.15) is 0 Å². The van der Waals surface area contributed by atoms with Gasteiger partial charge in [0.25, 0.3) is 0 Å². The predicted molar refractivity (Wildman–Crippen MR) is 85.8 cm³/mol. The molecule has 0 atom stereocenters. The summed E-state index contributed by atoms with van der Waals surface area (Å²) >= 11 is 0. The minimum absolute atomic E-state index is 0.327. The fourth-order valence-corrected chi connectivity index (χ4v) is 3.81. The fraction of sp³-hybridized carbons (Fsp3) is 0.611. The highest BCUT2D eigenvalue weighted by atomic mass is 16.2. The van der Waals surface area contributed by atoms with Crippen molar-refractivity contribution in [3.05, 3.63) is 29.3 Å². The zero-order valence-electron chi connectivity index (χ0n) is 12.8. The third kappa shape index (κ3) is 3.39. The van der Waals surface area contributed by atoms with Gasteiger partial charge in [-0.25, -0.2) is 0 Å². The molecule has 21 heavy (non-hydrogen) atoms. The number of amides is 1. The molecule has 2 N–H and O–H groups in total. The van der Waals surface area contributed by atoms with Crippen LogP contribution < -0.4 is 5.73 Å². The Labute approximate surface area is 127 Å². The van der Waals surface area contributed by atoms with Crippen molar-refractivity contribution in [3.63, 3.8) is 0 Å². The average molecular weight is 286 g/mol. The van der Waals surface area contributed by atoms with Crippen molar-refractivity contribution in [2.75, 3.05) is 12.3 Å². The highest BCUT2D eigenvalue weighted by molar-refractivity contribution is 5.76. The summed E-state index contributed by atoms with van der Waals surface area (Å²) in [7, 11) is 0. The second-order valence-corrected chi connectivity index (χ2v) is 6.59. The van der Waals surface area contributed by atoms with E-state index in [1.165, 1.54) is 43.2 Å². The van der Waals surface area contributed by atoms with Gasteiger partial charge in [-0.1, -0.05) is 44.2 Å². The molecular formula is C18H26N2O. The van der Waals surface area contributed by atoms with Crippen molar-refractivity contribution in [3.8, 4) is 0 Å². The highest BCUT2D eigenvalue weighted by Gasteiger charge is 2.23. The van der Waals surface area contributed by atoms with E-state index >= 15 is 0 Å². The molecule has 114 valence electrons. The summed E-state index contributed by atoms with van der Waals surface area (Å²) < 4.78 is 0. The van der Waals surface area contributed by atoms with E-state index in [1.807, 2.05) is 17.0 Å². The first-order valence-electron chi connectivity index (χ1n) is 8.38. The maximum Gasteiger partial charge on any atom is 0.222 e. The number of anilines is 1. The van der Waals surface area contributed by atoms with Crippen molar-refractivity contribution in [1.82, 2.24) is 4.90 Å². The largest absolute Gasteiger partial charge is 0.398 e. The van der Waals surface area contributed by atoms with Crippen LogP contribution in [-0.2, 0) is 17.8 Å². The number of nitrogens with zero attached hydrogens (tertiary/aromatic N) is 1. The number of hydrogen-bond donors (Lipinski definition) is 1. The number of nitrogen functional groups attached to an aromatic ring is 1. The molecule has 0 aromatic heterocycles. The highest BCUT2D eigenvalue weighted by Crippen LogP contribution is 2.28. The van der Waals surface area contributed by atoms with Crippen LogP contribution in [0.4, 0.5) is 5.69 Å². The molecule has 2 aliphatic rings. The number of fused-ring (bicyclic) bond motifs is 1. The molecule has 0 saturated heterocycles. The van der Waals surface area contributed by atoms with Gasteiger partial charge in [0.15, 0.2) is 0 Å². The lowest BCUT2D eigenvalue weighted by molar-refractivity contribution is -0.132. The summed E-state index contributed by atoms with van der Waals surface area (Å²) in [4.78, 5) is 14.4. The smallest absolute Gasteiger partial charge is 0.222 e. The fourth-order valence-electron chi connectivity index (χ4n) is 3.81. The summed E-state index contributed by atoms with van der Waals surface area (Å²) in [6.45, 7) is 1.56. The van der Waals surface area contributed by atoms with Gasteiger partial charge < -0.3 is 10.6 Å². The molecule has 0 radical (unpaired) electrons. The van der Waals surface area contributed by atoms with Crippen LogP contribution in [0.15, 0.2) is 18.2 Å². The monoisotopic (exact) mass is 286 g/mol. The minimum atomic E-state index is 0.327. The number of nitrogens with two attached hydrogens (primary N) is 1. The molecule has 1 saturated carbocycles. The van der Waals surface area contributed by atoms with Gasteiger partial charge in [0.1, 0.15) is 0 Å². The molecule has 1 aromatic rings. The summed E-state index contributed by atoms with van der Waals surface area (Å²) in [5.74, 6) is 1.11. The minimum Gasteiger partial charge on any atom is -0.398 e. The molecular weight excluding hydrogens is 260 g/mol. The Morgan fingerprint density at radius 1 is 1.24 bits per heavy atom. The summed E-state index contributed by atoms with van der Waals surface area (Å²) in [6, 6.07) is 6.05. The molecule has 1 aliphatic carbocycles. The summed E-state index contributed by atoms with van der Waals surface area (Å²) in [6.07, 6.45) is 9.46. The van der Waals surface area contributed by atoms with E-state index in [-0.39, 0.29) is 0 Å². The second-order valence-electron chi connectivity index (χ2n) is 6.59. The van der Waals surface area contributed by atoms with E-state index in [0.717, 1.165) is 44.0 Å². The molecule has 1 aromatic carbocycles. The van der Waals surface area contributed by atoms with E-state index in [2.05, 4.69) is 6.07 Å². The molecule has 1 fully saturated rings. The maximum absolute atomic E-state index is 12.4. The van der Waals surface area contributed by atoms with Gasteiger partial charge in [0.05, 0.1) is 0 Å². The van der Waals surface area contributed by atoms with Gasteiger partial charge in [-0.05, 0) is 36.0 Å². The first kappa shape index (κ1) is 14.4. The van der Waals surface area contributed by atoms with Crippen molar-refractivity contribution in [2.24, 2.45) is 5.92 Å². The van der Waals surface area contributed by atoms with E-state index in [4.69, 9.17) is 5.73 Å². The second kappa shape index (κ2) is 6.50. The Kier molecular flexibility index (Phi) is 4.47. The number of rotatable bonds is 3. The van der Waals surface area contributed by atoms with Crippen molar-refractivity contribution in [1.29, 1.82) is 0 Å². The van der Waals surface area contributed by atoms with Crippen LogP contribution in [0.25, 0.3) is 0 Å². The van der Waals surface area contributed by atoms with Crippen molar-refractivity contribution >= 4 is 11.6 Å². The van der Waals surface area contributed by atoms with Gasteiger partial charge in [-0.3, -0.25) is 4.79 Å². The van der Waals surface area contributed by atoms with E-state index in [0.29, 0.717) is 5.91 Å². The topological polar surface area (TPSA) is 46.3 Å². The van der Waals surface area contributed by atoms with Crippen LogP contribution in [0.3, 0.4) is 0 Å². The lowest BCUT2D eigenvalue weighted by atomic mass is 9.86. The van der Waals surface area contributed by atoms with Crippen molar-refractivity contribution in [2.45, 2.75) is 57.9 Å². The predicted octanol–water partition coefficient (Wildman–Crippen LogP) is 3.51. The van der Waals surface area contributed by atoms with Crippen LogP contribution >= 0.6 is 0 Å². The van der Waals surface area contributed by atoms with Crippen LogP contribution in [0.5, 0.6) is 0 Å². The van der Waals surface area contributed by atoms with Crippen LogP contribution in [0.1, 0.15) is 56.1 Å². The number of hydrogen-bond acceptors (Lipinski definition) is 2. The Hall–Kier alpha value is -1.51. The molecule has 3 heteroatoms. The third-order valence-corrected chi connectivity index (χ3v) is 5.15. The third-order valence-electron chi connectivity index (χ3n) is 5.15. The molecule has 0 unspecified atom stereocenters. The van der Waals surface area contributed by atoms with Gasteiger partial charge in [0, 0.05) is 25.2 Å². The maximum atomic E-state index is 12.4. The molecule has 1 aliphatic heterocycles. The molecule has 0 spiro atoms. The standard InChI is InChI=1S/C18H26N2O/c19-17-8-4-7-15-13-20(12-11-16(15)17)18(21)10-9-14-5-2-1-3-6-14/h4,7-8,14H,1-3,5-6,9-13,19H2. The van der Waals surface area contributed by atoms with E-state index in [1.54, 1.807) is 0 Å². The van der Waals surface area contributed by atoms with Crippen LogP contribution in [0, 0.1) is 5.92 Å². The Morgan fingerprint density at radius 2 is 2.05 bits per heavy atom. The number of carbonyl (C=O) groups is 1.